The van der Waals surface area contributed by atoms with Crippen LogP contribution in [0.1, 0.15) is 33.3 Å². The summed E-state index contributed by atoms with van der Waals surface area (Å²) in [6, 6.07) is 4.06. The number of thiophene rings is 1. The molecule has 1 aliphatic rings. The maximum absolute atomic E-state index is 12.8. The molecule has 0 N–H and O–H groups in total. The molecule has 26 heavy (non-hydrogen) atoms. The number of nitrogens with zero attached hydrogens (tertiary/aromatic N) is 5. The van der Waals surface area contributed by atoms with Gasteiger partial charge in [-0.1, -0.05) is 6.07 Å². The molecule has 0 bridgehead atoms. The Labute approximate surface area is 157 Å². The van der Waals surface area contributed by atoms with Crippen LogP contribution in [-0.2, 0) is 13.6 Å². The number of carbonyl (C=O) groups excluding carboxylic acids is 1. The van der Waals surface area contributed by atoms with E-state index in [1.54, 1.807) is 11.1 Å². The SMILES string of the molecule is CN(C)C(=O)c1sc2ncccc2c1[C@@H]1CCN(Cc2cncn2C)C1. The summed E-state index contributed by atoms with van der Waals surface area (Å²) in [5.74, 6) is 0.438. The van der Waals surface area contributed by atoms with Crippen molar-refractivity contribution in [1.29, 1.82) is 0 Å². The van der Waals surface area contributed by atoms with Gasteiger partial charge in [-0.15, -0.1) is 11.3 Å². The summed E-state index contributed by atoms with van der Waals surface area (Å²) in [6.07, 6.45) is 6.63. The zero-order valence-corrected chi connectivity index (χ0v) is 16.2. The van der Waals surface area contributed by atoms with E-state index in [9.17, 15) is 4.79 Å². The van der Waals surface area contributed by atoms with Crippen LogP contribution in [0.2, 0.25) is 0 Å². The van der Waals surface area contributed by atoms with Crippen molar-refractivity contribution in [3.63, 3.8) is 0 Å². The number of hydrogen-bond acceptors (Lipinski definition) is 5. The average molecular weight is 369 g/mol. The van der Waals surface area contributed by atoms with E-state index < -0.39 is 0 Å². The highest BCUT2D eigenvalue weighted by Gasteiger charge is 2.31. The predicted molar refractivity (Wildman–Crippen MR) is 103 cm³/mol. The van der Waals surface area contributed by atoms with Crippen LogP contribution in [0.5, 0.6) is 0 Å². The van der Waals surface area contributed by atoms with Gasteiger partial charge < -0.3 is 9.47 Å². The lowest BCUT2D eigenvalue weighted by Gasteiger charge is -2.17. The summed E-state index contributed by atoms with van der Waals surface area (Å²) in [4.78, 5) is 27.4. The van der Waals surface area contributed by atoms with Gasteiger partial charge in [-0.2, -0.15) is 0 Å². The fourth-order valence-electron chi connectivity index (χ4n) is 3.70. The summed E-state index contributed by atoms with van der Waals surface area (Å²) in [5.41, 5.74) is 2.40. The van der Waals surface area contributed by atoms with Gasteiger partial charge in [-0.05, 0) is 24.6 Å². The molecule has 0 saturated carbocycles. The van der Waals surface area contributed by atoms with Crippen LogP contribution in [0.3, 0.4) is 0 Å². The molecule has 4 rings (SSSR count). The molecule has 0 aromatic carbocycles. The van der Waals surface area contributed by atoms with Crippen molar-refractivity contribution in [3.8, 4) is 0 Å². The van der Waals surface area contributed by atoms with Crippen LogP contribution in [0.25, 0.3) is 10.2 Å². The Morgan fingerprint density at radius 3 is 3.00 bits per heavy atom. The second-order valence-corrected chi connectivity index (χ2v) is 8.12. The van der Waals surface area contributed by atoms with Crippen molar-refractivity contribution in [1.82, 2.24) is 24.3 Å². The van der Waals surface area contributed by atoms with Gasteiger partial charge in [-0.3, -0.25) is 9.69 Å². The summed E-state index contributed by atoms with van der Waals surface area (Å²) in [5, 5.41) is 1.13. The molecular weight excluding hydrogens is 346 g/mol. The van der Waals surface area contributed by atoms with E-state index in [-0.39, 0.29) is 5.91 Å². The minimum Gasteiger partial charge on any atom is -0.344 e. The number of rotatable bonds is 4. The first-order chi connectivity index (χ1) is 12.5. The van der Waals surface area contributed by atoms with Gasteiger partial charge in [0.1, 0.15) is 4.83 Å². The molecule has 1 fully saturated rings. The second kappa shape index (κ2) is 6.81. The smallest absolute Gasteiger partial charge is 0.263 e. The fraction of sp³-hybridized carbons (Fsp3) is 0.421. The van der Waals surface area contributed by atoms with Crippen molar-refractivity contribution in [2.24, 2.45) is 7.05 Å². The summed E-state index contributed by atoms with van der Waals surface area (Å²) >= 11 is 1.52. The van der Waals surface area contributed by atoms with Gasteiger partial charge in [0, 0.05) is 57.9 Å². The van der Waals surface area contributed by atoms with Crippen molar-refractivity contribution >= 4 is 27.5 Å². The molecule has 0 radical (unpaired) electrons. The van der Waals surface area contributed by atoms with Crippen molar-refractivity contribution in [2.75, 3.05) is 27.2 Å². The third kappa shape index (κ3) is 3.01. The van der Waals surface area contributed by atoms with Gasteiger partial charge in [-0.25, -0.2) is 9.97 Å². The van der Waals surface area contributed by atoms with Crippen LogP contribution in [-0.4, -0.2) is 57.4 Å². The first kappa shape index (κ1) is 17.2. The standard InChI is InChI=1S/C19H23N5OS/c1-22(2)19(25)17-16(15-5-4-7-21-18(15)26-17)13-6-8-24(10-13)11-14-9-20-12-23(14)3/h4-5,7,9,12-13H,6,8,10-11H2,1-3H3/t13-/m1/s1. The number of carbonyl (C=O) groups is 1. The first-order valence-corrected chi connectivity index (χ1v) is 9.63. The van der Waals surface area contributed by atoms with E-state index in [4.69, 9.17) is 0 Å². The number of imidazole rings is 1. The van der Waals surface area contributed by atoms with E-state index >= 15 is 0 Å². The number of likely N-dealkylation sites (tertiary alicyclic amines) is 1. The molecule has 7 heteroatoms. The Kier molecular flexibility index (Phi) is 4.50. The maximum Gasteiger partial charge on any atom is 0.263 e. The van der Waals surface area contributed by atoms with Crippen molar-refractivity contribution < 1.29 is 4.79 Å². The van der Waals surface area contributed by atoms with Crippen molar-refractivity contribution in [3.05, 3.63) is 47.0 Å². The van der Waals surface area contributed by atoms with Crippen LogP contribution in [0.15, 0.2) is 30.9 Å². The zero-order valence-electron chi connectivity index (χ0n) is 15.3. The highest BCUT2D eigenvalue weighted by molar-refractivity contribution is 7.20. The molecule has 0 unspecified atom stereocenters. The quantitative estimate of drug-likeness (QED) is 0.710. The molecule has 6 nitrogen and oxygen atoms in total. The molecule has 1 amide bonds. The van der Waals surface area contributed by atoms with Crippen LogP contribution < -0.4 is 0 Å². The Balaban J connectivity index is 1.65. The lowest BCUT2D eigenvalue weighted by Crippen LogP contribution is -2.23. The molecule has 0 aliphatic carbocycles. The van der Waals surface area contributed by atoms with Gasteiger partial charge >= 0.3 is 0 Å². The highest BCUT2D eigenvalue weighted by Crippen LogP contribution is 2.40. The predicted octanol–water partition coefficient (Wildman–Crippen LogP) is 2.72. The van der Waals surface area contributed by atoms with Crippen LogP contribution in [0, 0.1) is 0 Å². The fourth-order valence-corrected chi connectivity index (χ4v) is 4.95. The summed E-state index contributed by atoms with van der Waals surface area (Å²) in [7, 11) is 5.66. The highest BCUT2D eigenvalue weighted by atomic mass is 32.1. The molecule has 4 heterocycles. The topological polar surface area (TPSA) is 54.3 Å². The molecular formula is C19H23N5OS. The molecule has 3 aromatic rings. The summed E-state index contributed by atoms with van der Waals surface area (Å²) in [6.45, 7) is 2.88. The maximum atomic E-state index is 12.8. The normalized spacial score (nSPS) is 17.9. The Morgan fingerprint density at radius 2 is 2.27 bits per heavy atom. The van der Waals surface area contributed by atoms with E-state index in [0.29, 0.717) is 5.92 Å². The minimum absolute atomic E-state index is 0.0769. The van der Waals surface area contributed by atoms with Crippen LogP contribution in [0.4, 0.5) is 0 Å². The molecule has 1 aliphatic heterocycles. The molecule has 3 aromatic heterocycles. The van der Waals surface area contributed by atoms with Crippen molar-refractivity contribution in [2.45, 2.75) is 18.9 Å². The third-order valence-corrected chi connectivity index (χ3v) is 6.21. The number of fused-ring (bicyclic) bond motifs is 1. The third-order valence-electron chi connectivity index (χ3n) is 5.09. The van der Waals surface area contributed by atoms with Gasteiger partial charge in [0.15, 0.2) is 0 Å². The van der Waals surface area contributed by atoms with E-state index in [2.05, 4.69) is 25.5 Å². The zero-order chi connectivity index (χ0) is 18.3. The minimum atomic E-state index is 0.0769. The number of aromatic nitrogens is 3. The molecule has 0 spiro atoms. The first-order valence-electron chi connectivity index (χ1n) is 8.81. The number of amides is 1. The molecule has 136 valence electrons. The van der Waals surface area contributed by atoms with E-state index in [0.717, 1.165) is 41.1 Å². The Hall–Kier alpha value is -2.25. The lowest BCUT2D eigenvalue weighted by atomic mass is 9.95. The van der Waals surface area contributed by atoms with Gasteiger partial charge in [0.05, 0.1) is 16.9 Å². The Morgan fingerprint density at radius 1 is 1.42 bits per heavy atom. The van der Waals surface area contributed by atoms with Crippen LogP contribution >= 0.6 is 11.3 Å². The number of aryl methyl sites for hydroxylation is 1. The van der Waals surface area contributed by atoms with Gasteiger partial charge in [0.25, 0.3) is 5.91 Å². The number of hydrogen-bond donors (Lipinski definition) is 0. The Bertz CT molecular complexity index is 944. The van der Waals surface area contributed by atoms with Gasteiger partial charge in [0.2, 0.25) is 0 Å². The largest absolute Gasteiger partial charge is 0.344 e. The monoisotopic (exact) mass is 369 g/mol. The summed E-state index contributed by atoms with van der Waals surface area (Å²) < 4.78 is 2.07. The lowest BCUT2D eigenvalue weighted by molar-refractivity contribution is 0.0831. The molecule has 1 atom stereocenters. The average Bonchev–Trinajstić information content (AvgIpc) is 3.33. The number of pyridine rings is 1. The molecule has 1 saturated heterocycles. The van der Waals surface area contributed by atoms with E-state index in [1.165, 1.54) is 22.6 Å². The second-order valence-electron chi connectivity index (χ2n) is 7.12. The van der Waals surface area contributed by atoms with E-state index in [1.807, 2.05) is 39.7 Å².